The lowest BCUT2D eigenvalue weighted by Crippen LogP contribution is -2.18. The van der Waals surface area contributed by atoms with E-state index in [1.54, 1.807) is 24.4 Å². The lowest BCUT2D eigenvalue weighted by Gasteiger charge is -2.09. The Balaban J connectivity index is 1.59. The maximum absolute atomic E-state index is 5.99. The first kappa shape index (κ1) is 18.0. The van der Waals surface area contributed by atoms with Crippen molar-refractivity contribution < 1.29 is 0 Å². The van der Waals surface area contributed by atoms with Crippen LogP contribution in [0.25, 0.3) is 0 Å². The van der Waals surface area contributed by atoms with Gasteiger partial charge in [0.25, 0.3) is 0 Å². The smallest absolute Gasteiger partial charge is 0.175 e. The van der Waals surface area contributed by atoms with Crippen LogP contribution in [0.5, 0.6) is 0 Å². The van der Waals surface area contributed by atoms with E-state index in [-0.39, 0.29) is 0 Å². The standard InChI is InChI=1S/C17H13Cl3N4S/c18-12-3-1-11(2-4-12)9-24-10-14(8-21-24)23-17(25)22-13-5-6-15(19)16(20)7-13/h1-8,10H,9H2,(H2,22,23,25). The summed E-state index contributed by atoms with van der Waals surface area (Å²) in [6, 6.07) is 12.9. The average Bonchev–Trinajstić information content (AvgIpc) is 3.00. The maximum Gasteiger partial charge on any atom is 0.175 e. The van der Waals surface area contributed by atoms with Gasteiger partial charge in [0.15, 0.2) is 5.11 Å². The molecule has 8 heteroatoms. The van der Waals surface area contributed by atoms with E-state index >= 15 is 0 Å². The van der Waals surface area contributed by atoms with Crippen LogP contribution in [0, 0.1) is 0 Å². The van der Waals surface area contributed by atoms with Gasteiger partial charge in [0.2, 0.25) is 0 Å². The summed E-state index contributed by atoms with van der Waals surface area (Å²) in [7, 11) is 0. The van der Waals surface area contributed by atoms with Crippen molar-refractivity contribution >= 4 is 63.5 Å². The van der Waals surface area contributed by atoms with Gasteiger partial charge in [0.1, 0.15) is 0 Å². The predicted molar refractivity (Wildman–Crippen MR) is 109 cm³/mol. The molecular weight excluding hydrogens is 399 g/mol. The van der Waals surface area contributed by atoms with E-state index in [9.17, 15) is 0 Å². The molecule has 0 bridgehead atoms. The highest BCUT2D eigenvalue weighted by Crippen LogP contribution is 2.25. The highest BCUT2D eigenvalue weighted by atomic mass is 35.5. The minimum atomic E-state index is 0.435. The first-order valence-electron chi connectivity index (χ1n) is 7.29. The molecule has 0 amide bonds. The molecule has 3 rings (SSSR count). The minimum absolute atomic E-state index is 0.435. The van der Waals surface area contributed by atoms with E-state index in [0.717, 1.165) is 16.9 Å². The number of nitrogens with zero attached hydrogens (tertiary/aromatic N) is 2. The Kier molecular flexibility index (Phi) is 5.81. The van der Waals surface area contributed by atoms with Crippen molar-refractivity contribution in [2.24, 2.45) is 0 Å². The zero-order chi connectivity index (χ0) is 17.8. The predicted octanol–water partition coefficient (Wildman–Crippen LogP) is 5.70. The molecule has 3 aromatic rings. The van der Waals surface area contributed by atoms with Crippen molar-refractivity contribution in [1.82, 2.24) is 9.78 Å². The fourth-order valence-electron chi connectivity index (χ4n) is 2.16. The SMILES string of the molecule is S=C(Nc1ccc(Cl)c(Cl)c1)Nc1cnn(Cc2ccc(Cl)cc2)c1. The third-order valence-electron chi connectivity index (χ3n) is 3.33. The van der Waals surface area contributed by atoms with Crippen molar-refractivity contribution in [3.8, 4) is 0 Å². The Hall–Kier alpha value is -1.79. The Morgan fingerprint density at radius 2 is 1.68 bits per heavy atom. The second-order valence-electron chi connectivity index (χ2n) is 5.26. The van der Waals surface area contributed by atoms with Crippen LogP contribution < -0.4 is 10.6 Å². The molecule has 128 valence electrons. The van der Waals surface area contributed by atoms with E-state index in [2.05, 4.69) is 15.7 Å². The fraction of sp³-hybridized carbons (Fsp3) is 0.0588. The largest absolute Gasteiger partial charge is 0.332 e. The van der Waals surface area contributed by atoms with E-state index in [4.69, 9.17) is 47.0 Å². The van der Waals surface area contributed by atoms with Crippen molar-refractivity contribution in [2.45, 2.75) is 6.54 Å². The van der Waals surface area contributed by atoms with Crippen molar-refractivity contribution in [3.63, 3.8) is 0 Å². The van der Waals surface area contributed by atoms with Crippen molar-refractivity contribution in [3.05, 3.63) is 75.5 Å². The first-order chi connectivity index (χ1) is 12.0. The molecule has 0 saturated heterocycles. The van der Waals surface area contributed by atoms with Gasteiger partial charge >= 0.3 is 0 Å². The summed E-state index contributed by atoms with van der Waals surface area (Å²) in [5.74, 6) is 0. The molecule has 0 unspecified atom stereocenters. The molecule has 2 aromatic carbocycles. The normalized spacial score (nSPS) is 10.5. The number of hydrogen-bond acceptors (Lipinski definition) is 2. The number of nitrogens with one attached hydrogen (secondary N) is 2. The van der Waals surface area contributed by atoms with E-state index in [1.807, 2.05) is 35.1 Å². The average molecular weight is 412 g/mol. The monoisotopic (exact) mass is 410 g/mol. The molecule has 2 N–H and O–H groups in total. The Bertz CT molecular complexity index is 893. The summed E-state index contributed by atoms with van der Waals surface area (Å²) in [4.78, 5) is 0. The molecule has 1 heterocycles. The summed E-state index contributed by atoms with van der Waals surface area (Å²) in [5.41, 5.74) is 2.64. The summed E-state index contributed by atoms with van der Waals surface area (Å²) in [6.45, 7) is 0.645. The summed E-state index contributed by atoms with van der Waals surface area (Å²) in [5, 5.41) is 12.5. The number of hydrogen-bond donors (Lipinski definition) is 2. The number of halogens is 3. The van der Waals surface area contributed by atoms with Crippen molar-refractivity contribution in [2.75, 3.05) is 10.6 Å². The highest BCUT2D eigenvalue weighted by molar-refractivity contribution is 7.80. The molecule has 0 fully saturated rings. The van der Waals surface area contributed by atoms with Crippen LogP contribution in [-0.4, -0.2) is 14.9 Å². The molecule has 0 aliphatic carbocycles. The molecule has 0 aliphatic rings. The molecule has 0 atom stereocenters. The van der Waals surface area contributed by atoms with E-state index in [1.165, 1.54) is 0 Å². The molecule has 1 aromatic heterocycles. The topological polar surface area (TPSA) is 41.9 Å². The molecule has 0 radical (unpaired) electrons. The fourth-order valence-corrected chi connectivity index (χ4v) is 2.82. The van der Waals surface area contributed by atoms with Gasteiger partial charge in [-0.25, -0.2) is 0 Å². The lowest BCUT2D eigenvalue weighted by molar-refractivity contribution is 0.687. The van der Waals surface area contributed by atoms with E-state index in [0.29, 0.717) is 26.7 Å². The maximum atomic E-state index is 5.99. The van der Waals surface area contributed by atoms with Gasteiger partial charge in [-0.15, -0.1) is 0 Å². The second-order valence-corrected chi connectivity index (χ2v) is 6.92. The van der Waals surface area contributed by atoms with Crippen LogP contribution in [-0.2, 0) is 6.54 Å². The lowest BCUT2D eigenvalue weighted by atomic mass is 10.2. The van der Waals surface area contributed by atoms with Crippen LogP contribution in [0.15, 0.2) is 54.9 Å². The Morgan fingerprint density at radius 3 is 2.40 bits per heavy atom. The van der Waals surface area contributed by atoms with Gasteiger partial charge in [-0.05, 0) is 48.1 Å². The van der Waals surface area contributed by atoms with E-state index < -0.39 is 0 Å². The van der Waals surface area contributed by atoms with Gasteiger partial charge in [-0.3, -0.25) is 4.68 Å². The zero-order valence-electron chi connectivity index (χ0n) is 12.8. The quantitative estimate of drug-likeness (QED) is 0.540. The summed E-state index contributed by atoms with van der Waals surface area (Å²) in [6.07, 6.45) is 3.58. The molecular formula is C17H13Cl3N4S. The second kappa shape index (κ2) is 8.06. The first-order valence-corrected chi connectivity index (χ1v) is 8.84. The third-order valence-corrected chi connectivity index (χ3v) is 4.52. The molecule has 0 aliphatic heterocycles. The number of aromatic nitrogens is 2. The van der Waals surface area contributed by atoms with Gasteiger partial charge in [-0.2, -0.15) is 5.10 Å². The van der Waals surface area contributed by atoms with Crippen LogP contribution in [0.4, 0.5) is 11.4 Å². The van der Waals surface area contributed by atoms with Gasteiger partial charge in [-0.1, -0.05) is 46.9 Å². The number of anilines is 2. The van der Waals surface area contributed by atoms with Crippen LogP contribution in [0.2, 0.25) is 15.1 Å². The van der Waals surface area contributed by atoms with Gasteiger partial charge in [0.05, 0.1) is 28.5 Å². The summed E-state index contributed by atoms with van der Waals surface area (Å²) >= 11 is 23.1. The van der Waals surface area contributed by atoms with Gasteiger partial charge < -0.3 is 10.6 Å². The molecule has 25 heavy (non-hydrogen) atoms. The molecule has 0 spiro atoms. The minimum Gasteiger partial charge on any atom is -0.332 e. The Labute approximate surface area is 165 Å². The van der Waals surface area contributed by atoms with Crippen molar-refractivity contribution in [1.29, 1.82) is 0 Å². The number of thiocarbonyl (C=S) groups is 1. The van der Waals surface area contributed by atoms with Crippen LogP contribution in [0.1, 0.15) is 5.56 Å². The number of rotatable bonds is 4. The molecule has 4 nitrogen and oxygen atoms in total. The molecule has 0 saturated carbocycles. The highest BCUT2D eigenvalue weighted by Gasteiger charge is 2.04. The van der Waals surface area contributed by atoms with Crippen LogP contribution in [0.3, 0.4) is 0 Å². The number of benzene rings is 2. The summed E-state index contributed by atoms with van der Waals surface area (Å²) < 4.78 is 1.81. The third kappa shape index (κ3) is 5.09. The zero-order valence-corrected chi connectivity index (χ0v) is 15.9. The van der Waals surface area contributed by atoms with Crippen LogP contribution >= 0.6 is 47.0 Å². The van der Waals surface area contributed by atoms with Gasteiger partial charge in [0, 0.05) is 16.9 Å². The Morgan fingerprint density at radius 1 is 0.960 bits per heavy atom.